The van der Waals surface area contributed by atoms with Gasteiger partial charge in [0.15, 0.2) is 0 Å². The molecule has 0 bridgehead atoms. The molecule has 0 fully saturated rings. The lowest BCUT2D eigenvalue weighted by Crippen LogP contribution is -2.27. The third-order valence-electron chi connectivity index (χ3n) is 5.38. The van der Waals surface area contributed by atoms with Crippen molar-refractivity contribution < 1.29 is 9.18 Å². The molecule has 1 aliphatic rings. The summed E-state index contributed by atoms with van der Waals surface area (Å²) in [6.07, 6.45) is 5.05. The molecule has 0 unspecified atom stereocenters. The number of carbonyl (C=O) groups excluding carboxylic acids is 1. The van der Waals surface area contributed by atoms with Crippen LogP contribution in [-0.2, 0) is 17.9 Å². The van der Waals surface area contributed by atoms with Crippen molar-refractivity contribution in [3.63, 3.8) is 0 Å². The molecule has 3 aromatic rings. The molecule has 4 rings (SSSR count). The predicted molar refractivity (Wildman–Crippen MR) is 123 cm³/mol. The Bertz CT molecular complexity index is 1160. The van der Waals surface area contributed by atoms with E-state index in [0.717, 1.165) is 27.2 Å². The Morgan fingerprint density at radius 2 is 2.19 bits per heavy atom. The topological polar surface area (TPSA) is 61.4 Å². The van der Waals surface area contributed by atoms with E-state index >= 15 is 0 Å². The summed E-state index contributed by atoms with van der Waals surface area (Å²) in [4.78, 5) is 27.4. The summed E-state index contributed by atoms with van der Waals surface area (Å²) >= 11 is 7.47. The van der Waals surface area contributed by atoms with Crippen molar-refractivity contribution in [1.29, 1.82) is 0 Å². The fraction of sp³-hybridized carbons (Fsp3) is 0.318. The second-order valence-corrected chi connectivity index (χ2v) is 9.28. The highest BCUT2D eigenvalue weighted by Crippen LogP contribution is 2.40. The van der Waals surface area contributed by atoms with Gasteiger partial charge >= 0.3 is 0 Å². The molecule has 0 saturated heterocycles. The van der Waals surface area contributed by atoms with Gasteiger partial charge < -0.3 is 15.1 Å². The smallest absolute Gasteiger partial charge is 0.246 e. The number of amides is 1. The lowest BCUT2D eigenvalue weighted by atomic mass is 10.2. The lowest BCUT2D eigenvalue weighted by molar-refractivity contribution is -0.126. The van der Waals surface area contributed by atoms with E-state index in [-0.39, 0.29) is 10.9 Å². The van der Waals surface area contributed by atoms with E-state index in [0.29, 0.717) is 30.6 Å². The van der Waals surface area contributed by atoms with Gasteiger partial charge in [-0.05, 0) is 39.1 Å². The van der Waals surface area contributed by atoms with Crippen LogP contribution >= 0.6 is 22.9 Å². The highest BCUT2D eigenvalue weighted by molar-refractivity contribution is 7.19. The Balaban J connectivity index is 1.54. The van der Waals surface area contributed by atoms with E-state index in [1.165, 1.54) is 18.5 Å². The molecule has 1 amide bonds. The second kappa shape index (κ2) is 8.90. The number of nitrogens with zero attached hydrogens (tertiary/aromatic N) is 4. The number of hydrogen-bond donors (Lipinski definition) is 1. The Hall–Kier alpha value is -2.55. The van der Waals surface area contributed by atoms with Gasteiger partial charge in [0, 0.05) is 41.3 Å². The number of nitrogens with one attached hydrogen (secondary N) is 1. The minimum Gasteiger partial charge on any atom is -0.340 e. The van der Waals surface area contributed by atoms with Gasteiger partial charge in [0.05, 0.1) is 17.0 Å². The molecule has 9 heteroatoms. The van der Waals surface area contributed by atoms with Crippen molar-refractivity contribution in [3.8, 4) is 0 Å². The molecule has 0 spiro atoms. The normalized spacial score (nSPS) is 13.7. The van der Waals surface area contributed by atoms with Crippen LogP contribution in [0.3, 0.4) is 0 Å². The number of likely N-dealkylation sites (N-methyl/N-ethyl adjacent to an activating group) is 1. The van der Waals surface area contributed by atoms with Crippen molar-refractivity contribution in [2.75, 3.05) is 18.9 Å². The molecule has 162 valence electrons. The molecular weight excluding hydrogens is 437 g/mol. The number of hydrogen-bond acceptors (Lipinski definition) is 6. The van der Waals surface area contributed by atoms with E-state index < -0.39 is 5.82 Å². The van der Waals surface area contributed by atoms with Crippen LogP contribution < -0.4 is 5.32 Å². The van der Waals surface area contributed by atoms with Crippen molar-refractivity contribution in [2.24, 2.45) is 0 Å². The number of aromatic nitrogens is 2. The van der Waals surface area contributed by atoms with Gasteiger partial charge in [-0.1, -0.05) is 17.7 Å². The Kier molecular flexibility index (Phi) is 6.22. The number of halogens is 2. The third-order valence-corrected chi connectivity index (χ3v) is 6.80. The van der Waals surface area contributed by atoms with Crippen molar-refractivity contribution in [1.82, 2.24) is 19.8 Å². The molecule has 1 N–H and O–H groups in total. The van der Waals surface area contributed by atoms with Crippen LogP contribution in [-0.4, -0.2) is 45.3 Å². The molecule has 1 aromatic carbocycles. The van der Waals surface area contributed by atoms with Gasteiger partial charge in [0.25, 0.3) is 0 Å². The maximum Gasteiger partial charge on any atom is 0.246 e. The van der Waals surface area contributed by atoms with Gasteiger partial charge in [-0.25, -0.2) is 14.4 Å². The number of carbonyl (C=O) groups is 1. The zero-order chi connectivity index (χ0) is 22.1. The van der Waals surface area contributed by atoms with Gasteiger partial charge in [-0.3, -0.25) is 4.79 Å². The molecule has 1 aliphatic heterocycles. The SMILES string of the molecule is CC(C)N(C)CC=CC(=O)N1Cc2sc3ncnc(Nc4ccc(F)c(Cl)c4)c3c2C1. The maximum atomic E-state index is 13.5. The molecule has 31 heavy (non-hydrogen) atoms. The van der Waals surface area contributed by atoms with Crippen molar-refractivity contribution in [2.45, 2.75) is 33.0 Å². The molecule has 0 atom stereocenters. The predicted octanol–water partition coefficient (Wildman–Crippen LogP) is 4.97. The van der Waals surface area contributed by atoms with Crippen LogP contribution in [0.5, 0.6) is 0 Å². The third kappa shape index (κ3) is 4.56. The van der Waals surface area contributed by atoms with E-state index in [2.05, 4.69) is 34.0 Å². The first-order chi connectivity index (χ1) is 14.8. The molecule has 0 saturated carbocycles. The number of fused-ring (bicyclic) bond motifs is 3. The first kappa shape index (κ1) is 21.7. The first-order valence-electron chi connectivity index (χ1n) is 9.96. The zero-order valence-electron chi connectivity index (χ0n) is 17.5. The Labute approximate surface area is 189 Å². The molecule has 0 aliphatic carbocycles. The van der Waals surface area contributed by atoms with E-state index in [9.17, 15) is 9.18 Å². The maximum absolute atomic E-state index is 13.5. The molecular formula is C22H23ClFN5OS. The first-order valence-corrected chi connectivity index (χ1v) is 11.2. The highest BCUT2D eigenvalue weighted by Gasteiger charge is 2.28. The number of anilines is 2. The van der Waals surface area contributed by atoms with Gasteiger partial charge in [-0.15, -0.1) is 11.3 Å². The van der Waals surface area contributed by atoms with Gasteiger partial charge in [-0.2, -0.15) is 0 Å². The summed E-state index contributed by atoms with van der Waals surface area (Å²) in [5.74, 6) is 0.136. The fourth-order valence-electron chi connectivity index (χ4n) is 3.35. The second-order valence-electron chi connectivity index (χ2n) is 7.79. The average molecular weight is 460 g/mol. The summed E-state index contributed by atoms with van der Waals surface area (Å²) in [5.41, 5.74) is 1.69. The van der Waals surface area contributed by atoms with E-state index in [1.807, 2.05) is 18.0 Å². The largest absolute Gasteiger partial charge is 0.340 e. The van der Waals surface area contributed by atoms with Crippen LogP contribution in [0.4, 0.5) is 15.9 Å². The Morgan fingerprint density at radius 3 is 2.94 bits per heavy atom. The monoisotopic (exact) mass is 459 g/mol. The van der Waals surface area contributed by atoms with Crippen molar-refractivity contribution in [3.05, 3.63) is 58.0 Å². The summed E-state index contributed by atoms with van der Waals surface area (Å²) < 4.78 is 13.5. The number of thiophene rings is 1. The Morgan fingerprint density at radius 1 is 1.39 bits per heavy atom. The minimum atomic E-state index is -0.474. The van der Waals surface area contributed by atoms with Crippen molar-refractivity contribution >= 4 is 50.6 Å². The molecule has 3 heterocycles. The van der Waals surface area contributed by atoms with Crippen LogP contribution in [0, 0.1) is 5.82 Å². The summed E-state index contributed by atoms with van der Waals surface area (Å²) in [5, 5.41) is 4.14. The summed E-state index contributed by atoms with van der Waals surface area (Å²) in [6.45, 7) is 6.02. The lowest BCUT2D eigenvalue weighted by Gasteiger charge is -2.19. The van der Waals surface area contributed by atoms with Crippen LogP contribution in [0.15, 0.2) is 36.7 Å². The average Bonchev–Trinajstić information content (AvgIpc) is 3.28. The highest BCUT2D eigenvalue weighted by atomic mass is 35.5. The summed E-state index contributed by atoms with van der Waals surface area (Å²) in [6, 6.07) is 4.86. The molecule has 0 radical (unpaired) electrons. The fourth-order valence-corrected chi connectivity index (χ4v) is 4.69. The quantitative estimate of drug-likeness (QED) is 0.527. The zero-order valence-corrected chi connectivity index (χ0v) is 19.1. The van der Waals surface area contributed by atoms with Crippen LogP contribution in [0.1, 0.15) is 24.3 Å². The van der Waals surface area contributed by atoms with E-state index in [1.54, 1.807) is 23.5 Å². The molecule has 6 nitrogen and oxygen atoms in total. The summed E-state index contributed by atoms with van der Waals surface area (Å²) in [7, 11) is 2.03. The van der Waals surface area contributed by atoms with Gasteiger partial charge in [0.1, 0.15) is 22.8 Å². The minimum absolute atomic E-state index is 0.00891. The van der Waals surface area contributed by atoms with E-state index in [4.69, 9.17) is 11.6 Å². The standard InChI is InChI=1S/C22H23ClFN5OS/c1-13(2)28(3)8-4-5-19(30)29-10-15-18(11-29)31-22-20(15)21(25-12-26-22)27-14-6-7-17(24)16(23)9-14/h4-7,9,12-13H,8,10-11H2,1-3H3,(H,25,26,27). The number of rotatable bonds is 6. The number of benzene rings is 1. The molecule has 2 aromatic heterocycles. The van der Waals surface area contributed by atoms with Gasteiger partial charge in [0.2, 0.25) is 5.91 Å². The van der Waals surface area contributed by atoms with Crippen LogP contribution in [0.2, 0.25) is 5.02 Å². The van der Waals surface area contributed by atoms with Crippen LogP contribution in [0.25, 0.3) is 10.2 Å².